The first-order chi connectivity index (χ1) is 13.7. The minimum atomic E-state index is -3.51. The molecule has 1 atom stereocenters. The Labute approximate surface area is 172 Å². The highest BCUT2D eigenvalue weighted by Gasteiger charge is 2.29. The molecule has 1 aliphatic heterocycles. The van der Waals surface area contributed by atoms with E-state index in [-0.39, 0.29) is 16.7 Å². The van der Waals surface area contributed by atoms with Gasteiger partial charge in [-0.3, -0.25) is 14.5 Å². The quantitative estimate of drug-likeness (QED) is 0.441. The van der Waals surface area contributed by atoms with E-state index >= 15 is 0 Å². The zero-order valence-electron chi connectivity index (χ0n) is 17.1. The van der Waals surface area contributed by atoms with Gasteiger partial charge in [0, 0.05) is 18.5 Å². The third-order valence-corrected chi connectivity index (χ3v) is 5.92. The number of unbranched alkanes of at least 4 members (excludes halogenated alkanes) is 2. The monoisotopic (exact) mass is 423 g/mol. The maximum Gasteiger partial charge on any atom is 0.328 e. The van der Waals surface area contributed by atoms with E-state index in [4.69, 9.17) is 4.74 Å². The van der Waals surface area contributed by atoms with E-state index in [0.717, 1.165) is 12.8 Å². The van der Waals surface area contributed by atoms with Gasteiger partial charge in [-0.1, -0.05) is 32.4 Å². The molecule has 1 aromatic carbocycles. The number of nitrogens with zero attached hydrogens (tertiary/aromatic N) is 1. The van der Waals surface area contributed by atoms with Gasteiger partial charge < -0.3 is 10.1 Å². The van der Waals surface area contributed by atoms with Crippen molar-refractivity contribution in [1.29, 1.82) is 0 Å². The number of amides is 1. The lowest BCUT2D eigenvalue weighted by Gasteiger charge is -2.18. The summed E-state index contributed by atoms with van der Waals surface area (Å²) in [6, 6.07) is 6.12. The molecular weight excluding hydrogens is 394 g/mol. The molecule has 8 nitrogen and oxygen atoms in total. The number of fused-ring (bicyclic) bond motifs is 1. The third kappa shape index (κ3) is 6.56. The summed E-state index contributed by atoms with van der Waals surface area (Å²) in [6.07, 6.45) is 3.01. The van der Waals surface area contributed by atoms with Gasteiger partial charge in [0.1, 0.15) is 11.9 Å². The molecule has 160 valence electrons. The van der Waals surface area contributed by atoms with E-state index < -0.39 is 22.0 Å². The lowest BCUT2D eigenvalue weighted by molar-refractivity contribution is -0.145. The smallest absolute Gasteiger partial charge is 0.328 e. The Hall–Kier alpha value is -2.42. The van der Waals surface area contributed by atoms with Crippen LogP contribution in [0.4, 0.5) is 0 Å². The van der Waals surface area contributed by atoms with Gasteiger partial charge in [0.05, 0.1) is 12.0 Å². The second-order valence-corrected chi connectivity index (χ2v) is 9.07. The van der Waals surface area contributed by atoms with E-state index in [2.05, 4.69) is 15.0 Å². The van der Waals surface area contributed by atoms with Crippen LogP contribution in [0.15, 0.2) is 34.2 Å². The SMILES string of the molecule is COC(=O)C(CC(C)C)NC(=O)CCCCCN=C1NS(=O)(=O)c2ccccc21. The molecule has 1 unspecified atom stereocenters. The summed E-state index contributed by atoms with van der Waals surface area (Å²) >= 11 is 0. The van der Waals surface area contributed by atoms with Crippen LogP contribution in [0, 0.1) is 5.92 Å². The largest absolute Gasteiger partial charge is 0.467 e. The van der Waals surface area contributed by atoms with Crippen LogP contribution in [-0.2, 0) is 24.3 Å². The number of nitrogens with one attached hydrogen (secondary N) is 2. The highest BCUT2D eigenvalue weighted by molar-refractivity contribution is 7.90. The van der Waals surface area contributed by atoms with Crippen LogP contribution < -0.4 is 10.0 Å². The summed E-state index contributed by atoms with van der Waals surface area (Å²) < 4.78 is 31.3. The molecule has 1 heterocycles. The maximum atomic E-state index is 12.1. The van der Waals surface area contributed by atoms with Crippen LogP contribution in [0.3, 0.4) is 0 Å². The van der Waals surface area contributed by atoms with Crippen molar-refractivity contribution < 1.29 is 22.7 Å². The Kier molecular flexibility index (Phi) is 8.19. The minimum absolute atomic E-state index is 0.176. The molecule has 29 heavy (non-hydrogen) atoms. The third-order valence-electron chi connectivity index (χ3n) is 4.52. The number of carbonyl (C=O) groups excluding carboxylic acids is 2. The lowest BCUT2D eigenvalue weighted by Crippen LogP contribution is -2.42. The van der Waals surface area contributed by atoms with E-state index in [1.54, 1.807) is 24.3 Å². The average Bonchev–Trinajstić information content (AvgIpc) is 2.93. The first kappa shape index (κ1) is 22.9. The molecule has 0 aliphatic carbocycles. The molecule has 1 amide bonds. The highest BCUT2D eigenvalue weighted by atomic mass is 32.2. The van der Waals surface area contributed by atoms with Crippen molar-refractivity contribution in [3.8, 4) is 0 Å². The molecule has 1 aliphatic rings. The summed E-state index contributed by atoms with van der Waals surface area (Å²) in [5.41, 5.74) is 0.589. The van der Waals surface area contributed by atoms with Crippen molar-refractivity contribution in [1.82, 2.24) is 10.0 Å². The normalized spacial score (nSPS) is 16.9. The van der Waals surface area contributed by atoms with Gasteiger partial charge in [-0.2, -0.15) is 0 Å². The number of rotatable bonds is 10. The van der Waals surface area contributed by atoms with E-state index in [9.17, 15) is 18.0 Å². The predicted octanol–water partition coefficient (Wildman–Crippen LogP) is 1.99. The van der Waals surface area contributed by atoms with Crippen molar-refractivity contribution in [3.05, 3.63) is 29.8 Å². The fourth-order valence-electron chi connectivity index (χ4n) is 3.11. The van der Waals surface area contributed by atoms with Crippen molar-refractivity contribution in [2.24, 2.45) is 10.9 Å². The van der Waals surface area contributed by atoms with Gasteiger partial charge in [-0.25, -0.2) is 13.2 Å². The fourth-order valence-corrected chi connectivity index (χ4v) is 4.36. The number of hydrogen-bond acceptors (Lipinski definition) is 6. The minimum Gasteiger partial charge on any atom is -0.467 e. The molecule has 0 saturated heterocycles. The number of sulfonamides is 1. The van der Waals surface area contributed by atoms with Crippen LogP contribution in [0.5, 0.6) is 0 Å². The van der Waals surface area contributed by atoms with Gasteiger partial charge in [-0.05, 0) is 37.3 Å². The molecule has 9 heteroatoms. The summed E-state index contributed by atoms with van der Waals surface area (Å²) in [7, 11) is -2.20. The van der Waals surface area contributed by atoms with E-state index in [1.807, 2.05) is 13.8 Å². The van der Waals surface area contributed by atoms with E-state index in [0.29, 0.717) is 37.2 Å². The van der Waals surface area contributed by atoms with Gasteiger partial charge in [-0.15, -0.1) is 0 Å². The maximum absolute atomic E-state index is 12.1. The number of aliphatic imine (C=N–C) groups is 1. The fraction of sp³-hybridized carbons (Fsp3) is 0.550. The molecule has 0 radical (unpaired) electrons. The zero-order valence-corrected chi connectivity index (χ0v) is 17.9. The molecule has 0 saturated carbocycles. The standard InChI is InChI=1S/C20H29N3O5S/c1-14(2)13-16(20(25)28-3)22-18(24)11-5-4-8-12-21-19-15-9-6-7-10-17(15)29(26,27)23-19/h6-7,9-10,14,16H,4-5,8,11-13H2,1-3H3,(H,21,23)(H,22,24). The predicted molar refractivity (Wildman–Crippen MR) is 110 cm³/mol. The average molecular weight is 424 g/mol. The Bertz CT molecular complexity index is 865. The number of hydrogen-bond donors (Lipinski definition) is 2. The molecule has 0 fully saturated rings. The van der Waals surface area contributed by atoms with Crippen LogP contribution in [0.1, 0.15) is 51.5 Å². The Balaban J connectivity index is 1.74. The molecule has 0 aromatic heterocycles. The summed E-state index contributed by atoms with van der Waals surface area (Å²) in [4.78, 5) is 28.4. The summed E-state index contributed by atoms with van der Waals surface area (Å²) in [6.45, 7) is 4.42. The van der Waals surface area contributed by atoms with Gasteiger partial charge in [0.25, 0.3) is 10.0 Å². The number of ether oxygens (including phenoxy) is 1. The number of methoxy groups -OCH3 is 1. The molecule has 0 bridgehead atoms. The topological polar surface area (TPSA) is 114 Å². The second kappa shape index (κ2) is 10.4. The van der Waals surface area contributed by atoms with Crippen molar-refractivity contribution in [2.45, 2.75) is 56.9 Å². The number of carbonyl (C=O) groups is 2. The number of amidine groups is 1. The first-order valence-corrected chi connectivity index (χ1v) is 11.3. The van der Waals surface area contributed by atoms with Crippen LogP contribution in [-0.4, -0.2) is 45.8 Å². The lowest BCUT2D eigenvalue weighted by atomic mass is 10.0. The highest BCUT2D eigenvalue weighted by Crippen LogP contribution is 2.22. The molecule has 2 N–H and O–H groups in total. The Morgan fingerprint density at radius 3 is 2.59 bits per heavy atom. The van der Waals surface area contributed by atoms with Crippen molar-refractivity contribution in [2.75, 3.05) is 13.7 Å². The number of esters is 1. The number of benzene rings is 1. The van der Waals surface area contributed by atoms with Crippen LogP contribution in [0.2, 0.25) is 0 Å². The second-order valence-electron chi connectivity index (χ2n) is 7.42. The van der Waals surface area contributed by atoms with Crippen molar-refractivity contribution >= 4 is 27.7 Å². The van der Waals surface area contributed by atoms with E-state index in [1.165, 1.54) is 7.11 Å². The molecule has 1 aromatic rings. The summed E-state index contributed by atoms with van der Waals surface area (Å²) in [5, 5.41) is 2.74. The Morgan fingerprint density at radius 1 is 1.17 bits per heavy atom. The summed E-state index contributed by atoms with van der Waals surface area (Å²) in [5.74, 6) is 0.0246. The zero-order chi connectivity index (χ0) is 21.4. The van der Waals surface area contributed by atoms with Crippen molar-refractivity contribution in [3.63, 3.8) is 0 Å². The Morgan fingerprint density at radius 2 is 1.90 bits per heavy atom. The molecule has 2 rings (SSSR count). The van der Waals surface area contributed by atoms with Crippen LogP contribution in [0.25, 0.3) is 0 Å². The molecular formula is C20H29N3O5S. The van der Waals surface area contributed by atoms with Crippen LogP contribution >= 0.6 is 0 Å². The van der Waals surface area contributed by atoms with Gasteiger partial charge >= 0.3 is 5.97 Å². The van der Waals surface area contributed by atoms with Gasteiger partial charge in [0.2, 0.25) is 5.91 Å². The molecule has 0 spiro atoms. The first-order valence-electron chi connectivity index (χ1n) is 9.78. The van der Waals surface area contributed by atoms with Gasteiger partial charge in [0.15, 0.2) is 0 Å².